The van der Waals surface area contributed by atoms with Gasteiger partial charge in [-0.05, 0) is 43.3 Å². The number of para-hydroxylation sites is 2. The Hall–Kier alpha value is -4.16. The minimum absolute atomic E-state index is 0.0413. The van der Waals surface area contributed by atoms with E-state index in [0.29, 0.717) is 17.0 Å². The van der Waals surface area contributed by atoms with Crippen LogP contribution in [0, 0.1) is 6.92 Å². The number of pyridine rings is 1. The first kappa shape index (κ1) is 30.8. The molecule has 1 fully saturated rings. The van der Waals surface area contributed by atoms with Gasteiger partial charge in [-0.1, -0.05) is 53.5 Å². The number of benzene rings is 3. The molecule has 10 nitrogen and oxygen atoms in total. The second-order valence-electron chi connectivity index (χ2n) is 10.5. The molecule has 0 spiro atoms. The number of rotatable bonds is 9. The molecule has 3 aromatic carbocycles. The summed E-state index contributed by atoms with van der Waals surface area (Å²) < 4.78 is 43.4. The lowest BCUT2D eigenvalue weighted by Gasteiger charge is -2.24. The van der Waals surface area contributed by atoms with Crippen LogP contribution in [0.3, 0.4) is 0 Å². The van der Waals surface area contributed by atoms with Crippen LogP contribution in [0.2, 0.25) is 10.0 Å². The molecule has 2 unspecified atom stereocenters. The number of imidazole rings is 1. The van der Waals surface area contributed by atoms with Crippen LogP contribution in [0.4, 0.5) is 0 Å². The summed E-state index contributed by atoms with van der Waals surface area (Å²) in [6.07, 6.45) is 4.87. The van der Waals surface area contributed by atoms with Gasteiger partial charge in [0.15, 0.2) is 0 Å². The first-order valence-corrected chi connectivity index (χ1v) is 16.3. The zero-order valence-electron chi connectivity index (χ0n) is 24.4. The van der Waals surface area contributed by atoms with E-state index in [1.807, 2.05) is 54.1 Å². The van der Waals surface area contributed by atoms with Crippen molar-refractivity contribution in [3.63, 3.8) is 0 Å². The third kappa shape index (κ3) is 6.08. The number of nitrogens with one attached hydrogen (secondary N) is 1. The minimum Gasteiger partial charge on any atom is -0.489 e. The molecular weight excluding hydrogens is 637 g/mol. The zero-order valence-corrected chi connectivity index (χ0v) is 26.7. The van der Waals surface area contributed by atoms with Gasteiger partial charge in [-0.15, -0.1) is 0 Å². The van der Waals surface area contributed by atoms with E-state index in [-0.39, 0.29) is 40.1 Å². The SMILES string of the molecule is CNC(=O)C1CC(Oc2ccccc2)CN1S(=O)(=O)c1ccc(Cl)c(COc2cccc3c(-n4ccnc4)cc(C)nc23)c1Cl. The van der Waals surface area contributed by atoms with E-state index in [1.165, 1.54) is 19.2 Å². The third-order valence-electron chi connectivity index (χ3n) is 7.61. The highest BCUT2D eigenvalue weighted by molar-refractivity contribution is 7.89. The molecule has 1 saturated heterocycles. The number of nitrogens with zero attached hydrogens (tertiary/aromatic N) is 4. The Labute approximate surface area is 270 Å². The van der Waals surface area contributed by atoms with Crippen molar-refractivity contribution in [1.29, 1.82) is 0 Å². The molecule has 0 bridgehead atoms. The quantitative estimate of drug-likeness (QED) is 0.219. The summed E-state index contributed by atoms with van der Waals surface area (Å²) >= 11 is 13.3. The van der Waals surface area contributed by atoms with Crippen LogP contribution < -0.4 is 14.8 Å². The number of fused-ring (bicyclic) bond motifs is 1. The summed E-state index contributed by atoms with van der Waals surface area (Å²) in [5, 5.41) is 3.55. The maximum absolute atomic E-state index is 14.1. The summed E-state index contributed by atoms with van der Waals surface area (Å²) in [5.74, 6) is 0.606. The standard InChI is InChI=1S/C32H29Cl2N5O5S/c1-20-15-26(38-14-13-36-19-38)23-9-6-10-28(31(23)37-20)43-18-24-25(33)11-12-29(30(24)34)45(41,42)39-17-22(16-27(39)32(40)35-2)44-21-7-4-3-5-8-21/h3-15,19,22,27H,16-18H2,1-2H3,(H,35,40). The van der Waals surface area contributed by atoms with E-state index in [0.717, 1.165) is 21.1 Å². The van der Waals surface area contributed by atoms with Gasteiger partial charge in [0.05, 0.1) is 23.6 Å². The fourth-order valence-electron chi connectivity index (χ4n) is 5.46. The number of hydrogen-bond donors (Lipinski definition) is 1. The largest absolute Gasteiger partial charge is 0.489 e. The molecule has 1 amide bonds. The van der Waals surface area contributed by atoms with E-state index in [1.54, 1.807) is 30.7 Å². The number of aromatic nitrogens is 3. The number of carbonyl (C=O) groups is 1. The van der Waals surface area contributed by atoms with Crippen LogP contribution in [0.15, 0.2) is 90.3 Å². The number of amides is 1. The van der Waals surface area contributed by atoms with Crippen molar-refractivity contribution in [2.75, 3.05) is 13.6 Å². The fourth-order valence-corrected chi connectivity index (χ4v) is 7.95. The smallest absolute Gasteiger partial charge is 0.245 e. The molecule has 13 heteroatoms. The Balaban J connectivity index is 1.30. The van der Waals surface area contributed by atoms with Gasteiger partial charge < -0.3 is 19.4 Å². The molecule has 1 N–H and O–H groups in total. The molecule has 5 aromatic rings. The Morgan fingerprint density at radius 2 is 1.89 bits per heavy atom. The summed E-state index contributed by atoms with van der Waals surface area (Å²) in [4.78, 5) is 21.5. The van der Waals surface area contributed by atoms with Crippen LogP contribution in [0.25, 0.3) is 16.6 Å². The van der Waals surface area contributed by atoms with Gasteiger partial charge in [0, 0.05) is 47.5 Å². The van der Waals surface area contributed by atoms with Crippen molar-refractivity contribution in [2.45, 2.75) is 37.0 Å². The Kier molecular flexibility index (Phi) is 8.69. The predicted molar refractivity (Wildman–Crippen MR) is 172 cm³/mol. The molecule has 1 aliphatic heterocycles. The van der Waals surface area contributed by atoms with Crippen molar-refractivity contribution >= 4 is 50.0 Å². The second kappa shape index (κ2) is 12.7. The molecule has 1 aliphatic rings. The molecular formula is C32H29Cl2N5O5S. The van der Waals surface area contributed by atoms with Gasteiger partial charge in [-0.25, -0.2) is 18.4 Å². The number of carbonyl (C=O) groups excluding carboxylic acids is 1. The van der Waals surface area contributed by atoms with E-state index in [9.17, 15) is 13.2 Å². The Morgan fingerprint density at radius 1 is 1.09 bits per heavy atom. The molecule has 6 rings (SSSR count). The van der Waals surface area contributed by atoms with Crippen LogP contribution in [-0.4, -0.2) is 58.9 Å². The average molecular weight is 667 g/mol. The number of sulfonamides is 1. The number of hydrogen-bond acceptors (Lipinski definition) is 7. The lowest BCUT2D eigenvalue weighted by Crippen LogP contribution is -2.45. The van der Waals surface area contributed by atoms with Crippen molar-refractivity contribution < 1.29 is 22.7 Å². The molecule has 45 heavy (non-hydrogen) atoms. The van der Waals surface area contributed by atoms with Crippen LogP contribution in [0.1, 0.15) is 17.7 Å². The molecule has 232 valence electrons. The average Bonchev–Trinajstić information content (AvgIpc) is 3.72. The maximum atomic E-state index is 14.1. The van der Waals surface area contributed by atoms with Crippen LogP contribution in [-0.2, 0) is 21.4 Å². The van der Waals surface area contributed by atoms with Gasteiger partial charge in [-0.3, -0.25) is 4.79 Å². The van der Waals surface area contributed by atoms with E-state index >= 15 is 0 Å². The maximum Gasteiger partial charge on any atom is 0.245 e. The van der Waals surface area contributed by atoms with Gasteiger partial charge in [0.2, 0.25) is 15.9 Å². The van der Waals surface area contributed by atoms with Gasteiger partial charge in [-0.2, -0.15) is 4.31 Å². The zero-order chi connectivity index (χ0) is 31.7. The van der Waals surface area contributed by atoms with Crippen molar-refractivity contribution in [2.24, 2.45) is 0 Å². The topological polar surface area (TPSA) is 116 Å². The van der Waals surface area contributed by atoms with Crippen molar-refractivity contribution in [3.05, 3.63) is 107 Å². The monoisotopic (exact) mass is 665 g/mol. The van der Waals surface area contributed by atoms with E-state index < -0.39 is 28.1 Å². The first-order valence-electron chi connectivity index (χ1n) is 14.1. The van der Waals surface area contributed by atoms with Crippen molar-refractivity contribution in [3.8, 4) is 17.2 Å². The normalized spacial score (nSPS) is 17.0. The Morgan fingerprint density at radius 3 is 2.62 bits per heavy atom. The predicted octanol–water partition coefficient (Wildman–Crippen LogP) is 5.57. The second-order valence-corrected chi connectivity index (χ2v) is 13.2. The number of aryl methyl sites for hydroxylation is 1. The first-order chi connectivity index (χ1) is 21.7. The number of ether oxygens (including phenoxy) is 2. The van der Waals surface area contributed by atoms with Gasteiger partial charge >= 0.3 is 0 Å². The van der Waals surface area contributed by atoms with Crippen LogP contribution in [0.5, 0.6) is 11.5 Å². The molecule has 3 heterocycles. The van der Waals surface area contributed by atoms with Crippen molar-refractivity contribution in [1.82, 2.24) is 24.2 Å². The van der Waals surface area contributed by atoms with Gasteiger partial charge in [0.1, 0.15) is 40.7 Å². The molecule has 2 atom stereocenters. The van der Waals surface area contributed by atoms with E-state index in [2.05, 4.69) is 10.3 Å². The minimum atomic E-state index is -4.27. The third-order valence-corrected chi connectivity index (χ3v) is 10.4. The molecule has 0 aliphatic carbocycles. The highest BCUT2D eigenvalue weighted by atomic mass is 35.5. The summed E-state index contributed by atoms with van der Waals surface area (Å²) in [6.45, 7) is 1.72. The molecule has 0 saturated carbocycles. The highest BCUT2D eigenvalue weighted by Crippen LogP contribution is 2.37. The Bertz CT molecular complexity index is 1970. The summed E-state index contributed by atoms with van der Waals surface area (Å²) in [7, 11) is -2.80. The highest BCUT2D eigenvalue weighted by Gasteiger charge is 2.45. The van der Waals surface area contributed by atoms with Gasteiger partial charge in [0.25, 0.3) is 0 Å². The fraction of sp³-hybridized carbons (Fsp3) is 0.219. The number of halogens is 2. The summed E-state index contributed by atoms with van der Waals surface area (Å²) in [6, 6.07) is 18.4. The van der Waals surface area contributed by atoms with E-state index in [4.69, 9.17) is 37.7 Å². The van der Waals surface area contributed by atoms with Crippen LogP contribution >= 0.6 is 23.2 Å². The molecule has 0 radical (unpaired) electrons. The lowest BCUT2D eigenvalue weighted by atomic mass is 10.1. The molecule has 2 aromatic heterocycles. The summed E-state index contributed by atoms with van der Waals surface area (Å²) in [5.41, 5.74) is 2.56. The number of likely N-dealkylation sites (N-methyl/N-ethyl adjacent to an activating group) is 1. The lowest BCUT2D eigenvalue weighted by molar-refractivity contribution is -0.123.